The number of aryl methyl sites for hydroxylation is 3. The van der Waals surface area contributed by atoms with Crippen molar-refractivity contribution in [3.63, 3.8) is 0 Å². The Kier molecular flexibility index (Phi) is 5.90. The molecule has 1 aliphatic heterocycles. The molecule has 1 heterocycles. The first-order chi connectivity index (χ1) is 14.9. The molecule has 6 nitrogen and oxygen atoms in total. The van der Waals surface area contributed by atoms with Crippen LogP contribution in [0.5, 0.6) is 11.5 Å². The van der Waals surface area contributed by atoms with E-state index in [4.69, 9.17) is 9.47 Å². The first kappa shape index (κ1) is 21.2. The highest BCUT2D eigenvalue weighted by molar-refractivity contribution is 5.97. The van der Waals surface area contributed by atoms with Crippen molar-refractivity contribution in [2.24, 2.45) is 0 Å². The second kappa shape index (κ2) is 8.61. The van der Waals surface area contributed by atoms with Crippen LogP contribution in [-0.4, -0.2) is 31.6 Å². The summed E-state index contributed by atoms with van der Waals surface area (Å²) in [5.41, 5.74) is 4.29. The molecule has 164 valence electrons. The summed E-state index contributed by atoms with van der Waals surface area (Å²) in [7, 11) is 0. The van der Waals surface area contributed by atoms with Crippen molar-refractivity contribution in [1.29, 1.82) is 0 Å². The highest BCUT2D eigenvalue weighted by Crippen LogP contribution is 2.44. The van der Waals surface area contributed by atoms with E-state index in [1.165, 1.54) is 0 Å². The molecular weight excluding hydrogens is 392 g/mol. The summed E-state index contributed by atoms with van der Waals surface area (Å²) >= 11 is 0. The third-order valence-corrected chi connectivity index (χ3v) is 6.34. The number of amides is 2. The average molecular weight is 423 g/mol. The Morgan fingerprint density at radius 1 is 0.935 bits per heavy atom. The van der Waals surface area contributed by atoms with Crippen molar-refractivity contribution < 1.29 is 19.1 Å². The van der Waals surface area contributed by atoms with Crippen LogP contribution in [0, 0.1) is 20.8 Å². The van der Waals surface area contributed by atoms with E-state index >= 15 is 0 Å². The van der Waals surface area contributed by atoms with Crippen LogP contribution >= 0.6 is 0 Å². The Morgan fingerprint density at radius 2 is 1.58 bits per heavy atom. The number of anilines is 1. The highest BCUT2D eigenvalue weighted by atomic mass is 16.6. The molecule has 1 saturated carbocycles. The number of hydrogen-bond donors (Lipinski definition) is 2. The lowest BCUT2D eigenvalue weighted by Crippen LogP contribution is -2.45. The van der Waals surface area contributed by atoms with Gasteiger partial charge >= 0.3 is 0 Å². The normalized spacial score (nSPS) is 16.6. The van der Waals surface area contributed by atoms with Crippen LogP contribution in [0.2, 0.25) is 0 Å². The zero-order chi connectivity index (χ0) is 22.0. The summed E-state index contributed by atoms with van der Waals surface area (Å²) in [5, 5.41) is 5.85. The zero-order valence-corrected chi connectivity index (χ0v) is 18.5. The van der Waals surface area contributed by atoms with Crippen molar-refractivity contribution in [3.8, 4) is 11.5 Å². The van der Waals surface area contributed by atoms with Gasteiger partial charge in [-0.05, 0) is 62.4 Å². The van der Waals surface area contributed by atoms with Gasteiger partial charge in [0.25, 0.3) is 0 Å². The van der Waals surface area contributed by atoms with Crippen LogP contribution in [-0.2, 0) is 15.0 Å². The van der Waals surface area contributed by atoms with Crippen molar-refractivity contribution in [2.45, 2.75) is 51.9 Å². The minimum absolute atomic E-state index is 0.0576. The number of benzene rings is 2. The lowest BCUT2D eigenvalue weighted by atomic mass is 9.77. The second-order valence-corrected chi connectivity index (χ2v) is 8.65. The van der Waals surface area contributed by atoms with E-state index in [2.05, 4.69) is 10.6 Å². The Hall–Kier alpha value is -3.02. The van der Waals surface area contributed by atoms with Gasteiger partial charge in [-0.1, -0.05) is 36.6 Å². The molecular formula is C25H30N2O4. The SMILES string of the molecule is Cc1cc(C)c(NC(=O)CNC(=O)C2(c3ccc4c(c3)OCCO4)CCCC2)c(C)c1. The molecule has 0 aromatic heterocycles. The van der Waals surface area contributed by atoms with E-state index in [9.17, 15) is 9.59 Å². The van der Waals surface area contributed by atoms with Crippen molar-refractivity contribution in [1.82, 2.24) is 5.32 Å². The van der Waals surface area contributed by atoms with Gasteiger partial charge in [0.2, 0.25) is 11.8 Å². The third-order valence-electron chi connectivity index (χ3n) is 6.34. The number of nitrogens with one attached hydrogen (secondary N) is 2. The molecule has 31 heavy (non-hydrogen) atoms. The van der Waals surface area contributed by atoms with Crippen LogP contribution < -0.4 is 20.1 Å². The van der Waals surface area contributed by atoms with Crippen LogP contribution in [0.4, 0.5) is 5.69 Å². The molecule has 2 amide bonds. The van der Waals surface area contributed by atoms with E-state index in [-0.39, 0.29) is 18.4 Å². The Balaban J connectivity index is 1.47. The summed E-state index contributed by atoms with van der Waals surface area (Å²) in [4.78, 5) is 25.9. The molecule has 0 spiro atoms. The average Bonchev–Trinajstić information content (AvgIpc) is 3.25. The predicted molar refractivity (Wildman–Crippen MR) is 120 cm³/mol. The van der Waals surface area contributed by atoms with E-state index in [0.717, 1.165) is 53.6 Å². The summed E-state index contributed by atoms with van der Waals surface area (Å²) in [6.07, 6.45) is 3.48. The Bertz CT molecular complexity index is 986. The molecule has 2 N–H and O–H groups in total. The number of rotatable bonds is 5. The summed E-state index contributed by atoms with van der Waals surface area (Å²) in [6.45, 7) is 6.97. The minimum Gasteiger partial charge on any atom is -0.486 e. The molecule has 0 atom stereocenters. The highest BCUT2D eigenvalue weighted by Gasteiger charge is 2.43. The number of hydrogen-bond acceptors (Lipinski definition) is 4. The Labute approximate surface area is 183 Å². The molecule has 1 fully saturated rings. The largest absolute Gasteiger partial charge is 0.486 e. The van der Waals surface area contributed by atoms with Gasteiger partial charge in [0, 0.05) is 5.69 Å². The maximum atomic E-state index is 13.3. The monoisotopic (exact) mass is 422 g/mol. The number of ether oxygens (including phenoxy) is 2. The van der Waals surface area contributed by atoms with Crippen molar-refractivity contribution >= 4 is 17.5 Å². The van der Waals surface area contributed by atoms with Crippen LogP contribution in [0.15, 0.2) is 30.3 Å². The fraction of sp³-hybridized carbons (Fsp3) is 0.440. The number of carbonyl (C=O) groups excluding carboxylic acids is 2. The van der Waals surface area contributed by atoms with E-state index in [1.807, 2.05) is 51.1 Å². The molecule has 0 unspecified atom stereocenters. The maximum absolute atomic E-state index is 13.3. The quantitative estimate of drug-likeness (QED) is 0.765. The number of carbonyl (C=O) groups is 2. The van der Waals surface area contributed by atoms with Gasteiger partial charge < -0.3 is 20.1 Å². The van der Waals surface area contributed by atoms with Crippen LogP contribution in [0.25, 0.3) is 0 Å². The lowest BCUT2D eigenvalue weighted by molar-refractivity contribution is -0.128. The fourth-order valence-electron chi connectivity index (χ4n) is 4.86. The summed E-state index contributed by atoms with van der Waals surface area (Å²) in [5.74, 6) is 1.07. The first-order valence-corrected chi connectivity index (χ1v) is 11.0. The van der Waals surface area contributed by atoms with Crippen molar-refractivity contribution in [3.05, 3.63) is 52.6 Å². The van der Waals surface area contributed by atoms with Gasteiger partial charge in [0.15, 0.2) is 11.5 Å². The summed E-state index contributed by atoms with van der Waals surface area (Å²) < 4.78 is 11.3. The number of fused-ring (bicyclic) bond motifs is 1. The molecule has 1 aliphatic carbocycles. The molecule has 0 radical (unpaired) electrons. The minimum atomic E-state index is -0.633. The molecule has 4 rings (SSSR count). The van der Waals surface area contributed by atoms with Gasteiger partial charge in [-0.25, -0.2) is 0 Å². The van der Waals surface area contributed by atoms with Crippen molar-refractivity contribution in [2.75, 3.05) is 25.1 Å². The van der Waals surface area contributed by atoms with E-state index < -0.39 is 5.41 Å². The van der Waals surface area contributed by atoms with Gasteiger partial charge in [-0.15, -0.1) is 0 Å². The fourth-order valence-corrected chi connectivity index (χ4v) is 4.86. The first-order valence-electron chi connectivity index (χ1n) is 11.0. The van der Waals surface area contributed by atoms with Gasteiger partial charge in [0.05, 0.1) is 12.0 Å². The maximum Gasteiger partial charge on any atom is 0.243 e. The molecule has 6 heteroatoms. The van der Waals surface area contributed by atoms with Gasteiger partial charge in [-0.2, -0.15) is 0 Å². The third kappa shape index (κ3) is 4.24. The van der Waals surface area contributed by atoms with Crippen LogP contribution in [0.1, 0.15) is 47.9 Å². The van der Waals surface area contributed by atoms with E-state index in [0.29, 0.717) is 24.7 Å². The predicted octanol–water partition coefficient (Wildman–Crippen LogP) is 3.95. The standard InChI is InChI=1S/C25H30N2O4/c1-16-12-17(2)23(18(3)13-16)27-22(28)15-26-24(29)25(8-4-5-9-25)19-6-7-20-21(14-19)31-11-10-30-20/h6-7,12-14H,4-5,8-11,15H2,1-3H3,(H,26,29)(H,27,28). The topological polar surface area (TPSA) is 76.7 Å². The van der Waals surface area contributed by atoms with E-state index in [1.54, 1.807) is 0 Å². The molecule has 2 aromatic rings. The van der Waals surface area contributed by atoms with Gasteiger partial charge in [-0.3, -0.25) is 9.59 Å². The molecule has 2 aromatic carbocycles. The zero-order valence-electron chi connectivity index (χ0n) is 18.5. The summed E-state index contributed by atoms with van der Waals surface area (Å²) in [6, 6.07) is 9.84. The van der Waals surface area contributed by atoms with Gasteiger partial charge in [0.1, 0.15) is 13.2 Å². The van der Waals surface area contributed by atoms with Crippen LogP contribution in [0.3, 0.4) is 0 Å². The molecule has 2 aliphatic rings. The smallest absolute Gasteiger partial charge is 0.243 e. The molecule has 0 bridgehead atoms. The second-order valence-electron chi connectivity index (χ2n) is 8.65. The lowest BCUT2D eigenvalue weighted by Gasteiger charge is -2.29. The molecule has 0 saturated heterocycles. The Morgan fingerprint density at radius 3 is 2.26 bits per heavy atom.